The molecule has 0 spiro atoms. The zero-order chi connectivity index (χ0) is 25.7. The van der Waals surface area contributed by atoms with Gasteiger partial charge < -0.3 is 0 Å². The Morgan fingerprint density at radius 3 is 2.17 bits per heavy atom. The summed E-state index contributed by atoms with van der Waals surface area (Å²) in [6.07, 6.45) is -3.15. The fourth-order valence-corrected chi connectivity index (χ4v) is 4.07. The van der Waals surface area contributed by atoms with Crippen LogP contribution in [0.3, 0.4) is 0 Å². The highest BCUT2D eigenvalue weighted by Crippen LogP contribution is 2.30. The first-order valence-corrected chi connectivity index (χ1v) is 12.0. The summed E-state index contributed by atoms with van der Waals surface area (Å²) in [4.78, 5) is 12.3. The number of halogens is 5. The molecule has 0 radical (unpaired) electrons. The van der Waals surface area contributed by atoms with E-state index in [1.807, 2.05) is 24.3 Å². The summed E-state index contributed by atoms with van der Waals surface area (Å²) >= 11 is 13.2. The predicted molar refractivity (Wildman–Crippen MR) is 135 cm³/mol. The van der Waals surface area contributed by atoms with Crippen molar-refractivity contribution in [2.75, 3.05) is 5.75 Å². The average molecular weight is 550 g/mol. The number of carbonyl (C=O) groups is 1. The second kappa shape index (κ2) is 11.2. The van der Waals surface area contributed by atoms with E-state index in [9.17, 15) is 18.0 Å². The van der Waals surface area contributed by atoms with Crippen molar-refractivity contribution in [3.05, 3.63) is 94.0 Å². The molecule has 0 saturated heterocycles. The Labute approximate surface area is 218 Å². The van der Waals surface area contributed by atoms with E-state index >= 15 is 0 Å². The van der Waals surface area contributed by atoms with Gasteiger partial charge in [-0.3, -0.25) is 9.36 Å². The first-order chi connectivity index (χ1) is 17.2. The molecule has 0 atom stereocenters. The normalized spacial score (nSPS) is 11.7. The lowest BCUT2D eigenvalue weighted by Crippen LogP contribution is -2.20. The number of rotatable bonds is 7. The van der Waals surface area contributed by atoms with E-state index in [-0.39, 0.29) is 5.75 Å². The number of hydrazone groups is 1. The van der Waals surface area contributed by atoms with E-state index in [4.69, 9.17) is 23.2 Å². The molecule has 1 aromatic heterocycles. The van der Waals surface area contributed by atoms with Gasteiger partial charge in [-0.1, -0.05) is 47.1 Å². The van der Waals surface area contributed by atoms with Crippen molar-refractivity contribution >= 4 is 47.1 Å². The summed E-state index contributed by atoms with van der Waals surface area (Å²) in [5, 5.41) is 14.0. The molecule has 3 aromatic carbocycles. The molecule has 4 rings (SSSR count). The lowest BCUT2D eigenvalue weighted by Gasteiger charge is -2.10. The van der Waals surface area contributed by atoms with Crippen LogP contribution in [0.2, 0.25) is 10.0 Å². The summed E-state index contributed by atoms with van der Waals surface area (Å²) < 4.78 is 39.8. The molecule has 4 aromatic rings. The Balaban J connectivity index is 1.46. The smallest absolute Gasteiger partial charge is 0.272 e. The highest BCUT2D eigenvalue weighted by Gasteiger charge is 2.29. The van der Waals surface area contributed by atoms with Crippen molar-refractivity contribution in [1.29, 1.82) is 0 Å². The molecule has 0 bridgehead atoms. The van der Waals surface area contributed by atoms with Crippen molar-refractivity contribution in [2.24, 2.45) is 5.10 Å². The van der Waals surface area contributed by atoms with Gasteiger partial charge in [-0.05, 0) is 66.2 Å². The van der Waals surface area contributed by atoms with Crippen molar-refractivity contribution in [2.45, 2.75) is 11.3 Å². The first-order valence-electron chi connectivity index (χ1n) is 10.3. The molecule has 36 heavy (non-hydrogen) atoms. The van der Waals surface area contributed by atoms with Crippen LogP contribution in [0.25, 0.3) is 17.1 Å². The molecule has 0 aliphatic heterocycles. The van der Waals surface area contributed by atoms with Gasteiger partial charge in [0.15, 0.2) is 11.0 Å². The van der Waals surface area contributed by atoms with Crippen LogP contribution in [0.5, 0.6) is 0 Å². The van der Waals surface area contributed by atoms with E-state index in [0.717, 1.165) is 35.1 Å². The molecule has 1 N–H and O–H groups in total. The molecule has 12 heteroatoms. The minimum absolute atomic E-state index is 0.0311. The molecule has 6 nitrogen and oxygen atoms in total. The molecular weight excluding hydrogens is 534 g/mol. The quantitative estimate of drug-likeness (QED) is 0.162. The summed E-state index contributed by atoms with van der Waals surface area (Å²) in [5.41, 5.74) is 3.53. The monoisotopic (exact) mass is 549 g/mol. The van der Waals surface area contributed by atoms with Gasteiger partial charge in [0.05, 0.1) is 17.5 Å². The third-order valence-electron chi connectivity index (χ3n) is 4.79. The largest absolute Gasteiger partial charge is 0.416 e. The van der Waals surface area contributed by atoms with Crippen LogP contribution < -0.4 is 5.43 Å². The highest BCUT2D eigenvalue weighted by atomic mass is 35.5. The number of benzene rings is 3. The number of nitrogens with one attached hydrogen (secondary N) is 1. The van der Waals surface area contributed by atoms with Crippen LogP contribution in [-0.2, 0) is 11.0 Å². The van der Waals surface area contributed by atoms with Crippen LogP contribution in [-0.4, -0.2) is 32.6 Å². The molecule has 0 aliphatic rings. The Kier molecular flexibility index (Phi) is 7.97. The Hall–Kier alpha value is -3.34. The van der Waals surface area contributed by atoms with Crippen molar-refractivity contribution < 1.29 is 18.0 Å². The van der Waals surface area contributed by atoms with E-state index in [1.54, 1.807) is 28.8 Å². The van der Waals surface area contributed by atoms with Crippen LogP contribution >= 0.6 is 35.0 Å². The van der Waals surface area contributed by atoms with Crippen LogP contribution in [0.1, 0.15) is 11.1 Å². The Bertz CT molecular complexity index is 1370. The Morgan fingerprint density at radius 1 is 0.944 bits per heavy atom. The number of aromatic nitrogens is 3. The number of thioether (sulfide) groups is 1. The molecule has 0 unspecified atom stereocenters. The van der Waals surface area contributed by atoms with Crippen molar-refractivity contribution in [3.63, 3.8) is 0 Å². The lowest BCUT2D eigenvalue weighted by atomic mass is 10.1. The fourth-order valence-electron chi connectivity index (χ4n) is 3.07. The SMILES string of the molecule is O=C(CSc1nnc(-c2ccc(Cl)cc2)n1-c1ccc(Cl)cc1)N/N=C\c1ccc(C(F)(F)F)cc1. The second-order valence-electron chi connectivity index (χ2n) is 7.33. The molecule has 0 fully saturated rings. The van der Waals surface area contributed by atoms with Gasteiger partial charge in [-0.15, -0.1) is 10.2 Å². The number of alkyl halides is 3. The third-order valence-corrected chi connectivity index (χ3v) is 6.23. The minimum Gasteiger partial charge on any atom is -0.272 e. The van der Waals surface area contributed by atoms with Crippen LogP contribution in [0, 0.1) is 0 Å². The topological polar surface area (TPSA) is 72.2 Å². The van der Waals surface area contributed by atoms with Gasteiger partial charge in [-0.2, -0.15) is 18.3 Å². The lowest BCUT2D eigenvalue weighted by molar-refractivity contribution is -0.137. The highest BCUT2D eigenvalue weighted by molar-refractivity contribution is 7.99. The molecule has 184 valence electrons. The molecule has 0 aliphatic carbocycles. The fraction of sp³-hybridized carbons (Fsp3) is 0.0833. The zero-order valence-electron chi connectivity index (χ0n) is 18.2. The number of amides is 1. The van der Waals surface area contributed by atoms with Crippen LogP contribution in [0.15, 0.2) is 83.1 Å². The summed E-state index contributed by atoms with van der Waals surface area (Å²) in [6.45, 7) is 0. The van der Waals surface area contributed by atoms with E-state index < -0.39 is 17.6 Å². The average Bonchev–Trinajstić information content (AvgIpc) is 3.27. The van der Waals surface area contributed by atoms with Crippen molar-refractivity contribution in [1.82, 2.24) is 20.2 Å². The maximum atomic E-state index is 12.7. The zero-order valence-corrected chi connectivity index (χ0v) is 20.5. The van der Waals surface area contributed by atoms with Gasteiger partial charge in [0, 0.05) is 21.3 Å². The Morgan fingerprint density at radius 2 is 1.56 bits per heavy atom. The number of carbonyl (C=O) groups excluding carboxylic acids is 1. The van der Waals surface area contributed by atoms with E-state index in [0.29, 0.717) is 26.6 Å². The number of nitrogens with zero attached hydrogens (tertiary/aromatic N) is 4. The minimum atomic E-state index is -4.42. The van der Waals surface area contributed by atoms with Gasteiger partial charge in [-0.25, -0.2) is 5.43 Å². The molecule has 0 saturated carbocycles. The van der Waals surface area contributed by atoms with Gasteiger partial charge in [0.2, 0.25) is 0 Å². The molecular formula is C24H16Cl2F3N5OS. The maximum Gasteiger partial charge on any atom is 0.416 e. The van der Waals surface area contributed by atoms with E-state index in [1.165, 1.54) is 18.3 Å². The van der Waals surface area contributed by atoms with Gasteiger partial charge in [0.1, 0.15) is 0 Å². The summed E-state index contributed by atoms with van der Waals surface area (Å²) in [6, 6.07) is 18.6. The second-order valence-corrected chi connectivity index (χ2v) is 9.14. The first kappa shape index (κ1) is 25.7. The maximum absolute atomic E-state index is 12.7. The number of hydrogen-bond donors (Lipinski definition) is 1. The van der Waals surface area contributed by atoms with Gasteiger partial charge >= 0.3 is 6.18 Å². The van der Waals surface area contributed by atoms with Gasteiger partial charge in [0.25, 0.3) is 5.91 Å². The third kappa shape index (κ3) is 6.45. The van der Waals surface area contributed by atoms with Crippen LogP contribution in [0.4, 0.5) is 13.2 Å². The standard InChI is InChI=1S/C24H16Cl2F3N5OS/c25-18-7-3-16(4-8-18)22-32-33-23(34(22)20-11-9-19(26)10-12-20)36-14-21(35)31-30-13-15-1-5-17(6-2-15)24(27,28)29/h1-13H,14H2,(H,31,35)/b30-13-. The van der Waals surface area contributed by atoms with E-state index in [2.05, 4.69) is 20.7 Å². The number of hydrogen-bond acceptors (Lipinski definition) is 5. The predicted octanol–water partition coefficient (Wildman–Crippen LogP) is 6.50. The summed E-state index contributed by atoms with van der Waals surface area (Å²) in [5.74, 6) is 0.0931. The van der Waals surface area contributed by atoms with Crippen molar-refractivity contribution in [3.8, 4) is 17.1 Å². The summed E-state index contributed by atoms with van der Waals surface area (Å²) in [7, 11) is 0. The molecule has 1 heterocycles. The molecule has 1 amide bonds.